The molecule has 1 unspecified atom stereocenters. The van der Waals surface area contributed by atoms with E-state index in [1.807, 2.05) is 72.8 Å². The van der Waals surface area contributed by atoms with Crippen LogP contribution in [0.1, 0.15) is 22.1 Å². The van der Waals surface area contributed by atoms with Gasteiger partial charge in [0.15, 0.2) is 0 Å². The molecule has 0 aliphatic carbocycles. The number of ether oxygens (including phenoxy) is 1. The summed E-state index contributed by atoms with van der Waals surface area (Å²) in [5.74, 6) is -0.0582. The Kier molecular flexibility index (Phi) is 5.77. The highest BCUT2D eigenvalue weighted by Crippen LogP contribution is 2.27. The molecule has 0 bridgehead atoms. The first-order valence-corrected chi connectivity index (χ1v) is 8.54. The van der Waals surface area contributed by atoms with Crippen molar-refractivity contribution < 1.29 is 9.53 Å². The van der Waals surface area contributed by atoms with E-state index in [1.165, 1.54) is 0 Å². The van der Waals surface area contributed by atoms with Crippen molar-refractivity contribution in [2.24, 2.45) is 0 Å². The third-order valence-electron chi connectivity index (χ3n) is 4.38. The van der Waals surface area contributed by atoms with Crippen LogP contribution in [0.5, 0.6) is 0 Å². The second-order valence-electron chi connectivity index (χ2n) is 6.05. The molecule has 0 saturated heterocycles. The Morgan fingerprint density at radius 1 is 1.00 bits per heavy atom. The van der Waals surface area contributed by atoms with Gasteiger partial charge in [0.1, 0.15) is 0 Å². The molecule has 1 amide bonds. The second kappa shape index (κ2) is 8.41. The zero-order valence-corrected chi connectivity index (χ0v) is 15.0. The quantitative estimate of drug-likeness (QED) is 0.671. The number of benzene rings is 2. The van der Waals surface area contributed by atoms with Crippen LogP contribution >= 0.6 is 0 Å². The summed E-state index contributed by atoms with van der Waals surface area (Å²) in [4.78, 5) is 19.4. The molecular weight excluding hydrogens is 324 g/mol. The summed E-state index contributed by atoms with van der Waals surface area (Å²) in [6, 6.07) is 23.1. The summed E-state index contributed by atoms with van der Waals surface area (Å²) in [6.07, 6.45) is 1.73. The van der Waals surface area contributed by atoms with E-state index >= 15 is 0 Å². The van der Waals surface area contributed by atoms with Crippen molar-refractivity contribution in [3.63, 3.8) is 0 Å². The van der Waals surface area contributed by atoms with Crippen LogP contribution in [0.25, 0.3) is 11.1 Å². The fraction of sp³-hybridized carbons (Fsp3) is 0.182. The number of pyridine rings is 1. The van der Waals surface area contributed by atoms with Crippen molar-refractivity contribution in [3.8, 4) is 11.1 Å². The summed E-state index contributed by atoms with van der Waals surface area (Å²) in [5, 5.41) is 0. The van der Waals surface area contributed by atoms with Crippen molar-refractivity contribution in [1.82, 2.24) is 9.88 Å². The van der Waals surface area contributed by atoms with E-state index in [1.54, 1.807) is 25.3 Å². The van der Waals surface area contributed by atoms with Crippen LogP contribution in [-0.4, -0.2) is 36.6 Å². The maximum Gasteiger partial charge on any atom is 0.254 e. The average molecular weight is 346 g/mol. The molecule has 1 aromatic heterocycles. The van der Waals surface area contributed by atoms with E-state index in [4.69, 9.17) is 4.74 Å². The predicted octanol–water partition coefficient (Wildman–Crippen LogP) is 4.21. The molecule has 0 fully saturated rings. The molecule has 0 aliphatic heterocycles. The van der Waals surface area contributed by atoms with Crippen LogP contribution in [0.3, 0.4) is 0 Å². The van der Waals surface area contributed by atoms with Crippen molar-refractivity contribution >= 4 is 5.91 Å². The van der Waals surface area contributed by atoms with Crippen molar-refractivity contribution in [1.29, 1.82) is 0 Å². The molecule has 3 rings (SSSR count). The van der Waals surface area contributed by atoms with Gasteiger partial charge >= 0.3 is 0 Å². The smallest absolute Gasteiger partial charge is 0.254 e. The molecule has 1 heterocycles. The van der Waals surface area contributed by atoms with E-state index in [-0.39, 0.29) is 11.9 Å². The van der Waals surface area contributed by atoms with Gasteiger partial charge in [0, 0.05) is 25.9 Å². The highest BCUT2D eigenvalue weighted by atomic mass is 16.5. The Bertz CT molecular complexity index is 850. The molecule has 1 atom stereocenters. The summed E-state index contributed by atoms with van der Waals surface area (Å²) in [7, 11) is 3.43. The number of hydrogen-bond acceptors (Lipinski definition) is 3. The lowest BCUT2D eigenvalue weighted by Crippen LogP contribution is -2.34. The van der Waals surface area contributed by atoms with Crippen LogP contribution in [0.2, 0.25) is 0 Å². The Balaban J connectivity index is 1.96. The standard InChI is InChI=1S/C22H22N2O2/c1-24(21(16-26-2)20-14-8-9-15-23-20)22(25)19-13-7-6-12-18(19)17-10-4-3-5-11-17/h3-15,21H,16H2,1-2H3. The maximum atomic E-state index is 13.3. The van der Waals surface area contributed by atoms with E-state index in [0.29, 0.717) is 12.2 Å². The first kappa shape index (κ1) is 17.8. The number of rotatable bonds is 6. The molecule has 132 valence electrons. The van der Waals surface area contributed by atoms with Crippen LogP contribution in [0, 0.1) is 0 Å². The number of aromatic nitrogens is 1. The van der Waals surface area contributed by atoms with Gasteiger partial charge < -0.3 is 9.64 Å². The number of likely N-dealkylation sites (N-methyl/N-ethyl adjacent to an activating group) is 1. The number of amides is 1. The number of carbonyl (C=O) groups is 1. The van der Waals surface area contributed by atoms with Gasteiger partial charge in [-0.2, -0.15) is 0 Å². The van der Waals surface area contributed by atoms with Crippen LogP contribution in [0.15, 0.2) is 79.0 Å². The summed E-state index contributed by atoms with van der Waals surface area (Å²) in [5.41, 5.74) is 3.41. The van der Waals surface area contributed by atoms with Crippen molar-refractivity contribution in [2.75, 3.05) is 20.8 Å². The predicted molar refractivity (Wildman–Crippen MR) is 103 cm³/mol. The fourth-order valence-corrected chi connectivity index (χ4v) is 3.00. The second-order valence-corrected chi connectivity index (χ2v) is 6.05. The van der Waals surface area contributed by atoms with Gasteiger partial charge in [0.25, 0.3) is 5.91 Å². The molecule has 0 saturated carbocycles. The number of carbonyl (C=O) groups excluding carboxylic acids is 1. The highest BCUT2D eigenvalue weighted by Gasteiger charge is 2.25. The Labute approximate surface area is 154 Å². The molecule has 0 spiro atoms. The van der Waals surface area contributed by atoms with E-state index < -0.39 is 0 Å². The molecule has 0 radical (unpaired) electrons. The molecule has 4 nitrogen and oxygen atoms in total. The van der Waals surface area contributed by atoms with E-state index in [2.05, 4.69) is 4.98 Å². The summed E-state index contributed by atoms with van der Waals surface area (Å²) >= 11 is 0. The summed E-state index contributed by atoms with van der Waals surface area (Å²) in [6.45, 7) is 0.382. The van der Waals surface area contributed by atoms with Gasteiger partial charge in [-0.3, -0.25) is 9.78 Å². The lowest BCUT2D eigenvalue weighted by atomic mass is 9.98. The largest absolute Gasteiger partial charge is 0.382 e. The molecule has 3 aromatic rings. The number of methoxy groups -OCH3 is 1. The number of nitrogens with zero attached hydrogens (tertiary/aromatic N) is 2. The minimum absolute atomic E-state index is 0.0582. The minimum atomic E-state index is -0.252. The monoisotopic (exact) mass is 346 g/mol. The van der Waals surface area contributed by atoms with Gasteiger partial charge in [-0.25, -0.2) is 0 Å². The van der Waals surface area contributed by atoms with E-state index in [9.17, 15) is 4.79 Å². The lowest BCUT2D eigenvalue weighted by Gasteiger charge is -2.28. The Morgan fingerprint density at radius 2 is 1.69 bits per heavy atom. The van der Waals surface area contributed by atoms with Gasteiger partial charge in [-0.05, 0) is 29.3 Å². The molecule has 26 heavy (non-hydrogen) atoms. The van der Waals surface area contributed by atoms with Crippen molar-refractivity contribution in [3.05, 3.63) is 90.3 Å². The highest BCUT2D eigenvalue weighted by molar-refractivity contribution is 6.01. The molecule has 0 N–H and O–H groups in total. The zero-order valence-electron chi connectivity index (χ0n) is 15.0. The third-order valence-corrected chi connectivity index (χ3v) is 4.38. The maximum absolute atomic E-state index is 13.3. The van der Waals surface area contributed by atoms with Crippen molar-refractivity contribution in [2.45, 2.75) is 6.04 Å². The zero-order chi connectivity index (χ0) is 18.4. The fourth-order valence-electron chi connectivity index (χ4n) is 3.00. The molecule has 0 aliphatic rings. The van der Waals surface area contributed by atoms with Gasteiger partial charge in [-0.1, -0.05) is 54.6 Å². The SMILES string of the molecule is COCC(c1ccccn1)N(C)C(=O)c1ccccc1-c1ccccc1. The molecular formula is C22H22N2O2. The Morgan fingerprint density at radius 3 is 2.38 bits per heavy atom. The number of hydrogen-bond donors (Lipinski definition) is 0. The van der Waals surface area contributed by atoms with Gasteiger partial charge in [0.05, 0.1) is 18.3 Å². The summed E-state index contributed by atoms with van der Waals surface area (Å²) < 4.78 is 5.35. The molecule has 4 heteroatoms. The minimum Gasteiger partial charge on any atom is -0.382 e. The topological polar surface area (TPSA) is 42.4 Å². The molecule has 2 aromatic carbocycles. The lowest BCUT2D eigenvalue weighted by molar-refractivity contribution is 0.0596. The van der Waals surface area contributed by atoms with Crippen LogP contribution < -0.4 is 0 Å². The van der Waals surface area contributed by atoms with Gasteiger partial charge in [0.2, 0.25) is 0 Å². The average Bonchev–Trinajstić information content (AvgIpc) is 2.72. The third kappa shape index (κ3) is 3.81. The first-order valence-electron chi connectivity index (χ1n) is 8.54. The first-order chi connectivity index (χ1) is 12.7. The Hall–Kier alpha value is -2.98. The van der Waals surface area contributed by atoms with Crippen LogP contribution in [-0.2, 0) is 4.74 Å². The normalized spacial score (nSPS) is 11.8. The van der Waals surface area contributed by atoms with E-state index in [0.717, 1.165) is 16.8 Å². The van der Waals surface area contributed by atoms with Gasteiger partial charge in [-0.15, -0.1) is 0 Å². The van der Waals surface area contributed by atoms with Crippen LogP contribution in [0.4, 0.5) is 0 Å².